The average Bonchev–Trinajstić information content (AvgIpc) is 2.59. The number of carbonyl (C=O) groups is 2. The molecule has 5 nitrogen and oxygen atoms in total. The molecule has 5 heteroatoms. The second-order valence-electron chi connectivity index (χ2n) is 6.52. The molecule has 1 aromatic carbocycles. The van der Waals surface area contributed by atoms with Crippen LogP contribution < -0.4 is 10.6 Å². The third-order valence-corrected chi connectivity index (χ3v) is 3.76. The van der Waals surface area contributed by atoms with Crippen molar-refractivity contribution in [2.24, 2.45) is 5.92 Å². The number of hydrogen-bond donors (Lipinski definition) is 2. The molecule has 1 aromatic heterocycles. The lowest BCUT2D eigenvalue weighted by molar-refractivity contribution is 0.0942. The summed E-state index contributed by atoms with van der Waals surface area (Å²) in [6.45, 7) is 7.23. The van der Waals surface area contributed by atoms with Gasteiger partial charge in [-0.3, -0.25) is 9.59 Å². The van der Waals surface area contributed by atoms with Gasteiger partial charge in [0.2, 0.25) is 0 Å². The first-order valence-electron chi connectivity index (χ1n) is 8.54. The van der Waals surface area contributed by atoms with Crippen LogP contribution in [0.4, 0.5) is 0 Å². The lowest BCUT2D eigenvalue weighted by Crippen LogP contribution is -2.28. The van der Waals surface area contributed by atoms with Crippen LogP contribution in [0.25, 0.3) is 0 Å². The summed E-state index contributed by atoms with van der Waals surface area (Å²) in [5, 5.41) is 5.66. The number of benzene rings is 1. The fourth-order valence-corrected chi connectivity index (χ4v) is 2.35. The molecule has 0 fully saturated rings. The SMILES string of the molecule is Cc1cccc(CNC(=O)c2cccc(C(=O)NCCC(C)C)n2)c1. The van der Waals surface area contributed by atoms with E-state index in [2.05, 4.69) is 29.5 Å². The monoisotopic (exact) mass is 339 g/mol. The smallest absolute Gasteiger partial charge is 0.270 e. The third-order valence-electron chi connectivity index (χ3n) is 3.76. The molecule has 0 atom stereocenters. The number of aryl methyl sites for hydroxylation is 1. The highest BCUT2D eigenvalue weighted by Gasteiger charge is 2.12. The number of aromatic nitrogens is 1. The second kappa shape index (κ2) is 8.97. The first-order valence-corrected chi connectivity index (χ1v) is 8.54. The number of amides is 2. The summed E-state index contributed by atoms with van der Waals surface area (Å²) in [4.78, 5) is 28.6. The highest BCUT2D eigenvalue weighted by molar-refractivity contribution is 5.96. The van der Waals surface area contributed by atoms with Gasteiger partial charge in [0.15, 0.2) is 0 Å². The summed E-state index contributed by atoms with van der Waals surface area (Å²) in [5.74, 6) is -0.0284. The van der Waals surface area contributed by atoms with E-state index in [0.29, 0.717) is 19.0 Å². The molecular weight excluding hydrogens is 314 g/mol. The Labute approximate surface area is 148 Å². The molecule has 0 aliphatic rings. The van der Waals surface area contributed by atoms with Gasteiger partial charge in [0.1, 0.15) is 11.4 Å². The maximum absolute atomic E-state index is 12.3. The highest BCUT2D eigenvalue weighted by Crippen LogP contribution is 2.05. The van der Waals surface area contributed by atoms with E-state index in [4.69, 9.17) is 0 Å². The fraction of sp³-hybridized carbons (Fsp3) is 0.350. The van der Waals surface area contributed by atoms with Crippen molar-refractivity contribution < 1.29 is 9.59 Å². The number of pyridine rings is 1. The standard InChI is InChI=1S/C20H25N3O2/c1-14(2)10-11-21-19(24)17-8-5-9-18(23-17)20(25)22-13-16-7-4-6-15(3)12-16/h4-9,12,14H,10-11,13H2,1-3H3,(H,21,24)(H,22,25). The van der Waals surface area contributed by atoms with Gasteiger partial charge in [0.05, 0.1) is 0 Å². The molecule has 0 unspecified atom stereocenters. The number of hydrogen-bond acceptors (Lipinski definition) is 3. The molecule has 0 aliphatic carbocycles. The molecule has 2 aromatic rings. The first kappa shape index (κ1) is 18.6. The topological polar surface area (TPSA) is 71.1 Å². The summed E-state index contributed by atoms with van der Waals surface area (Å²) in [6, 6.07) is 12.8. The van der Waals surface area contributed by atoms with E-state index in [1.807, 2.05) is 31.2 Å². The van der Waals surface area contributed by atoms with Crippen molar-refractivity contribution >= 4 is 11.8 Å². The molecule has 132 valence electrons. The van der Waals surface area contributed by atoms with Gasteiger partial charge >= 0.3 is 0 Å². The van der Waals surface area contributed by atoms with Gasteiger partial charge in [-0.1, -0.05) is 49.7 Å². The van der Waals surface area contributed by atoms with Crippen LogP contribution in [0.1, 0.15) is 52.4 Å². The van der Waals surface area contributed by atoms with E-state index in [0.717, 1.165) is 17.5 Å². The normalized spacial score (nSPS) is 10.6. The largest absolute Gasteiger partial charge is 0.351 e. The minimum atomic E-state index is -0.293. The zero-order chi connectivity index (χ0) is 18.2. The van der Waals surface area contributed by atoms with Crippen molar-refractivity contribution in [1.82, 2.24) is 15.6 Å². The summed E-state index contributed by atoms with van der Waals surface area (Å²) in [6.07, 6.45) is 0.905. The van der Waals surface area contributed by atoms with Crippen LogP contribution in [0.5, 0.6) is 0 Å². The number of nitrogens with one attached hydrogen (secondary N) is 2. The predicted molar refractivity (Wildman–Crippen MR) is 98.4 cm³/mol. The van der Waals surface area contributed by atoms with Crippen LogP contribution in [0.3, 0.4) is 0 Å². The number of carbonyl (C=O) groups excluding carboxylic acids is 2. The zero-order valence-corrected chi connectivity index (χ0v) is 15.0. The van der Waals surface area contributed by atoms with Crippen molar-refractivity contribution in [2.45, 2.75) is 33.7 Å². The van der Waals surface area contributed by atoms with Gasteiger partial charge in [-0.25, -0.2) is 4.98 Å². The molecule has 0 radical (unpaired) electrons. The summed E-state index contributed by atoms with van der Waals surface area (Å²) < 4.78 is 0. The van der Waals surface area contributed by atoms with Crippen LogP contribution in [-0.2, 0) is 6.54 Å². The summed E-state index contributed by atoms with van der Waals surface area (Å²) >= 11 is 0. The summed E-state index contributed by atoms with van der Waals surface area (Å²) in [7, 11) is 0. The minimum absolute atomic E-state index is 0.240. The molecule has 0 spiro atoms. The Morgan fingerprint density at radius 2 is 1.64 bits per heavy atom. The Balaban J connectivity index is 1.95. The van der Waals surface area contributed by atoms with E-state index in [9.17, 15) is 9.59 Å². The van der Waals surface area contributed by atoms with E-state index in [1.54, 1.807) is 18.2 Å². The van der Waals surface area contributed by atoms with Crippen LogP contribution >= 0.6 is 0 Å². The quantitative estimate of drug-likeness (QED) is 0.814. The number of nitrogens with zero attached hydrogens (tertiary/aromatic N) is 1. The molecule has 25 heavy (non-hydrogen) atoms. The van der Waals surface area contributed by atoms with Gasteiger partial charge in [-0.05, 0) is 37.0 Å². The van der Waals surface area contributed by atoms with Gasteiger partial charge in [0, 0.05) is 13.1 Å². The predicted octanol–water partition coefficient (Wildman–Crippen LogP) is 3.10. The van der Waals surface area contributed by atoms with Crippen LogP contribution in [0, 0.1) is 12.8 Å². The summed E-state index contributed by atoms with van der Waals surface area (Å²) in [5.41, 5.74) is 2.66. The molecule has 2 rings (SSSR count). The Bertz CT molecular complexity index is 741. The van der Waals surface area contributed by atoms with Crippen LogP contribution in [-0.4, -0.2) is 23.3 Å². The Kier molecular flexibility index (Phi) is 6.69. The van der Waals surface area contributed by atoms with E-state index < -0.39 is 0 Å². The lowest BCUT2D eigenvalue weighted by atomic mass is 10.1. The minimum Gasteiger partial charge on any atom is -0.351 e. The average molecular weight is 339 g/mol. The maximum Gasteiger partial charge on any atom is 0.270 e. The van der Waals surface area contributed by atoms with Crippen molar-refractivity contribution in [1.29, 1.82) is 0 Å². The van der Waals surface area contributed by atoms with Gasteiger partial charge in [-0.2, -0.15) is 0 Å². The Hall–Kier alpha value is -2.69. The van der Waals surface area contributed by atoms with Crippen molar-refractivity contribution in [3.05, 3.63) is 65.0 Å². The van der Waals surface area contributed by atoms with E-state index >= 15 is 0 Å². The molecule has 2 N–H and O–H groups in total. The second-order valence-corrected chi connectivity index (χ2v) is 6.52. The zero-order valence-electron chi connectivity index (χ0n) is 15.0. The molecular formula is C20H25N3O2. The Morgan fingerprint density at radius 3 is 2.28 bits per heavy atom. The lowest BCUT2D eigenvalue weighted by Gasteiger charge is -2.08. The van der Waals surface area contributed by atoms with Crippen molar-refractivity contribution in [3.63, 3.8) is 0 Å². The first-order chi connectivity index (χ1) is 12.0. The van der Waals surface area contributed by atoms with Crippen LogP contribution in [0.2, 0.25) is 0 Å². The van der Waals surface area contributed by atoms with E-state index in [1.165, 1.54) is 0 Å². The third kappa shape index (κ3) is 6.03. The number of rotatable bonds is 7. The van der Waals surface area contributed by atoms with Gasteiger partial charge < -0.3 is 10.6 Å². The van der Waals surface area contributed by atoms with Crippen molar-refractivity contribution in [3.8, 4) is 0 Å². The van der Waals surface area contributed by atoms with Crippen LogP contribution in [0.15, 0.2) is 42.5 Å². The maximum atomic E-state index is 12.3. The van der Waals surface area contributed by atoms with Gasteiger partial charge in [0.25, 0.3) is 11.8 Å². The molecule has 0 saturated carbocycles. The highest BCUT2D eigenvalue weighted by atomic mass is 16.2. The fourth-order valence-electron chi connectivity index (χ4n) is 2.35. The molecule has 0 saturated heterocycles. The molecule has 0 bridgehead atoms. The van der Waals surface area contributed by atoms with E-state index in [-0.39, 0.29) is 23.2 Å². The molecule has 1 heterocycles. The Morgan fingerprint density at radius 1 is 1.00 bits per heavy atom. The molecule has 2 amide bonds. The van der Waals surface area contributed by atoms with Crippen molar-refractivity contribution in [2.75, 3.05) is 6.54 Å². The van der Waals surface area contributed by atoms with Gasteiger partial charge in [-0.15, -0.1) is 0 Å². The molecule has 0 aliphatic heterocycles.